The van der Waals surface area contributed by atoms with Crippen LogP contribution in [0.3, 0.4) is 0 Å². The quantitative estimate of drug-likeness (QED) is 0.684. The van der Waals surface area contributed by atoms with Crippen molar-refractivity contribution in [2.45, 2.75) is 72.1 Å². The summed E-state index contributed by atoms with van der Waals surface area (Å²) in [7, 11) is 0. The lowest BCUT2D eigenvalue weighted by molar-refractivity contribution is -0.121. The topological polar surface area (TPSA) is 51.2 Å². The SMILES string of the molecule is CCCOc1cncc(C2=CC[C@H]3[C@@H]4CC[C@H]5CNC(=O)CC[C@]5(C)[C@H]4CC[C@]23C)c1. The molecule has 1 aliphatic heterocycles. The van der Waals surface area contributed by atoms with Gasteiger partial charge in [-0.3, -0.25) is 9.78 Å². The van der Waals surface area contributed by atoms with E-state index in [1.54, 1.807) is 0 Å². The number of aromatic nitrogens is 1. The summed E-state index contributed by atoms with van der Waals surface area (Å²) in [4.78, 5) is 16.6. The molecule has 4 nitrogen and oxygen atoms in total. The van der Waals surface area contributed by atoms with Crippen molar-refractivity contribution in [1.82, 2.24) is 10.3 Å². The molecular weight excluding hydrogens is 384 g/mol. The summed E-state index contributed by atoms with van der Waals surface area (Å²) in [5.74, 6) is 4.04. The summed E-state index contributed by atoms with van der Waals surface area (Å²) >= 11 is 0. The molecule has 4 heteroatoms. The molecule has 0 unspecified atom stereocenters. The first-order valence-corrected chi connectivity index (χ1v) is 12.5. The number of amides is 1. The van der Waals surface area contributed by atoms with E-state index in [1.165, 1.54) is 43.2 Å². The molecular formula is C27H38N2O2. The number of fused-ring (bicyclic) bond motifs is 5. The number of carbonyl (C=O) groups excluding carboxylic acids is 1. The van der Waals surface area contributed by atoms with Gasteiger partial charge in [0.05, 0.1) is 12.8 Å². The lowest BCUT2D eigenvalue weighted by Gasteiger charge is -2.58. The van der Waals surface area contributed by atoms with Crippen LogP contribution in [-0.2, 0) is 4.79 Å². The molecule has 1 aromatic heterocycles. The Hall–Kier alpha value is -1.84. The van der Waals surface area contributed by atoms with Gasteiger partial charge in [-0.1, -0.05) is 26.8 Å². The van der Waals surface area contributed by atoms with Crippen LogP contribution in [0.1, 0.15) is 77.7 Å². The van der Waals surface area contributed by atoms with Gasteiger partial charge in [-0.05, 0) is 96.7 Å². The summed E-state index contributed by atoms with van der Waals surface area (Å²) in [6.45, 7) is 8.79. The maximum absolute atomic E-state index is 12.1. The van der Waals surface area contributed by atoms with E-state index in [2.05, 4.69) is 43.2 Å². The van der Waals surface area contributed by atoms with Gasteiger partial charge in [-0.2, -0.15) is 0 Å². The summed E-state index contributed by atoms with van der Waals surface area (Å²) in [5, 5.41) is 3.20. The second kappa shape index (κ2) is 7.94. The Balaban J connectivity index is 1.40. The zero-order valence-corrected chi connectivity index (χ0v) is 19.5. The summed E-state index contributed by atoms with van der Waals surface area (Å²) < 4.78 is 5.88. The molecule has 0 spiro atoms. The fraction of sp³-hybridized carbons (Fsp3) is 0.704. The number of carbonyl (C=O) groups is 1. The highest BCUT2D eigenvalue weighted by atomic mass is 16.5. The normalized spacial score (nSPS) is 39.5. The molecule has 2 heterocycles. The fourth-order valence-electron chi connectivity index (χ4n) is 7.85. The molecule has 168 valence electrons. The molecule has 31 heavy (non-hydrogen) atoms. The van der Waals surface area contributed by atoms with Gasteiger partial charge in [0.25, 0.3) is 0 Å². The van der Waals surface area contributed by atoms with Crippen molar-refractivity contribution in [1.29, 1.82) is 0 Å². The van der Waals surface area contributed by atoms with Crippen LogP contribution in [0, 0.1) is 34.5 Å². The second-order valence-corrected chi connectivity index (χ2v) is 11.0. The van der Waals surface area contributed by atoms with E-state index >= 15 is 0 Å². The van der Waals surface area contributed by atoms with E-state index in [0.717, 1.165) is 43.6 Å². The molecule has 4 aliphatic rings. The van der Waals surface area contributed by atoms with Gasteiger partial charge in [0.1, 0.15) is 5.75 Å². The average Bonchev–Trinajstić information content (AvgIpc) is 3.05. The molecule has 2 saturated carbocycles. The zero-order valence-electron chi connectivity index (χ0n) is 19.5. The first kappa shape index (κ1) is 21.0. The number of allylic oxidation sites excluding steroid dienone is 2. The Morgan fingerprint density at radius 1 is 1.16 bits per heavy atom. The number of ether oxygens (including phenoxy) is 1. The van der Waals surface area contributed by atoms with Gasteiger partial charge in [-0.25, -0.2) is 0 Å². The van der Waals surface area contributed by atoms with E-state index in [9.17, 15) is 4.79 Å². The Labute approximate surface area is 187 Å². The smallest absolute Gasteiger partial charge is 0.220 e. The zero-order chi connectivity index (χ0) is 21.6. The van der Waals surface area contributed by atoms with Gasteiger partial charge < -0.3 is 10.1 Å². The first-order chi connectivity index (χ1) is 15.0. The monoisotopic (exact) mass is 422 g/mol. The predicted octanol–water partition coefficient (Wildman–Crippen LogP) is 5.63. The number of rotatable bonds is 4. The van der Waals surface area contributed by atoms with Crippen LogP contribution in [0.25, 0.3) is 5.57 Å². The van der Waals surface area contributed by atoms with Gasteiger partial charge in [-0.15, -0.1) is 0 Å². The molecule has 1 aromatic rings. The largest absolute Gasteiger partial charge is 0.492 e. The van der Waals surface area contributed by atoms with Gasteiger partial charge in [0.15, 0.2) is 0 Å². The summed E-state index contributed by atoms with van der Waals surface area (Å²) in [5.41, 5.74) is 3.28. The van der Waals surface area contributed by atoms with Crippen molar-refractivity contribution < 1.29 is 9.53 Å². The van der Waals surface area contributed by atoms with Crippen LogP contribution < -0.4 is 10.1 Å². The maximum atomic E-state index is 12.1. The van der Waals surface area contributed by atoms with E-state index in [1.807, 2.05) is 12.4 Å². The highest BCUT2D eigenvalue weighted by Crippen LogP contribution is 2.66. The molecule has 5 rings (SSSR count). The first-order valence-electron chi connectivity index (χ1n) is 12.5. The minimum Gasteiger partial charge on any atom is -0.492 e. The van der Waals surface area contributed by atoms with Crippen LogP contribution in [0.5, 0.6) is 5.75 Å². The molecule has 3 fully saturated rings. The molecule has 0 radical (unpaired) electrons. The van der Waals surface area contributed by atoms with Crippen LogP contribution in [0.2, 0.25) is 0 Å². The Bertz CT molecular complexity index is 880. The molecule has 6 atom stereocenters. The van der Waals surface area contributed by atoms with Crippen molar-refractivity contribution in [3.8, 4) is 5.75 Å². The van der Waals surface area contributed by atoms with Gasteiger partial charge in [0.2, 0.25) is 5.91 Å². The second-order valence-electron chi connectivity index (χ2n) is 11.0. The summed E-state index contributed by atoms with van der Waals surface area (Å²) in [6, 6.07) is 2.20. The van der Waals surface area contributed by atoms with Gasteiger partial charge in [0, 0.05) is 19.2 Å². The Morgan fingerprint density at radius 2 is 2.03 bits per heavy atom. The highest BCUT2D eigenvalue weighted by molar-refractivity contribution is 5.76. The number of hydrogen-bond acceptors (Lipinski definition) is 3. The van der Waals surface area contributed by atoms with Crippen LogP contribution in [0.15, 0.2) is 24.5 Å². The fourth-order valence-corrected chi connectivity index (χ4v) is 7.85. The van der Waals surface area contributed by atoms with Crippen molar-refractivity contribution in [3.63, 3.8) is 0 Å². The number of nitrogens with zero attached hydrogens (tertiary/aromatic N) is 1. The van der Waals surface area contributed by atoms with E-state index < -0.39 is 0 Å². The van der Waals surface area contributed by atoms with Crippen LogP contribution >= 0.6 is 0 Å². The molecule has 1 amide bonds. The molecule has 0 aromatic carbocycles. The van der Waals surface area contributed by atoms with E-state index in [-0.39, 0.29) is 11.3 Å². The lowest BCUT2D eigenvalue weighted by Crippen LogP contribution is -2.52. The van der Waals surface area contributed by atoms with Crippen molar-refractivity contribution >= 4 is 11.5 Å². The third-order valence-electron chi connectivity index (χ3n) is 9.58. The number of hydrogen-bond donors (Lipinski definition) is 1. The Morgan fingerprint density at radius 3 is 2.87 bits per heavy atom. The van der Waals surface area contributed by atoms with E-state index in [0.29, 0.717) is 23.7 Å². The number of nitrogens with one attached hydrogen (secondary N) is 1. The Kier molecular flexibility index (Phi) is 5.38. The molecule has 0 bridgehead atoms. The number of pyridine rings is 1. The third kappa shape index (κ3) is 3.41. The van der Waals surface area contributed by atoms with Crippen molar-refractivity contribution in [2.24, 2.45) is 34.5 Å². The van der Waals surface area contributed by atoms with Gasteiger partial charge >= 0.3 is 0 Å². The van der Waals surface area contributed by atoms with Crippen molar-refractivity contribution in [2.75, 3.05) is 13.2 Å². The standard InChI is InChI=1S/C27H38N2O2/c1-4-13-31-20-14-18(15-28-17-20)22-7-8-23-21-6-5-19-16-29-25(30)10-12-26(19,2)24(21)9-11-27(22,23)3/h7,14-15,17,19,21,23-24H,4-6,8-13,16H2,1-3H3,(H,29,30)/t19-,21-,23-,24-,26-,27+/m0/s1. The van der Waals surface area contributed by atoms with Crippen molar-refractivity contribution in [3.05, 3.63) is 30.1 Å². The van der Waals surface area contributed by atoms with Crippen LogP contribution in [0.4, 0.5) is 0 Å². The highest BCUT2D eigenvalue weighted by Gasteiger charge is 2.58. The minimum absolute atomic E-state index is 0.230. The minimum atomic E-state index is 0.230. The predicted molar refractivity (Wildman–Crippen MR) is 124 cm³/mol. The molecule has 3 aliphatic carbocycles. The van der Waals surface area contributed by atoms with E-state index in [4.69, 9.17) is 4.74 Å². The molecule has 1 saturated heterocycles. The molecule has 1 N–H and O–H groups in total. The lowest BCUT2D eigenvalue weighted by atomic mass is 9.46. The third-order valence-corrected chi connectivity index (χ3v) is 9.58. The van der Waals surface area contributed by atoms with Crippen LogP contribution in [-0.4, -0.2) is 24.0 Å². The average molecular weight is 423 g/mol. The maximum Gasteiger partial charge on any atom is 0.220 e. The summed E-state index contributed by atoms with van der Waals surface area (Å²) in [6.07, 6.45) is 15.5.